The van der Waals surface area contributed by atoms with Gasteiger partial charge in [-0.05, 0) is 37.8 Å². The molecule has 0 aliphatic carbocycles. The predicted molar refractivity (Wildman–Crippen MR) is 86.9 cm³/mol. The molecule has 0 amide bonds. The van der Waals surface area contributed by atoms with Crippen molar-refractivity contribution in [2.45, 2.75) is 32.7 Å². The Morgan fingerprint density at radius 3 is 2.71 bits per heavy atom. The maximum absolute atomic E-state index is 6.06. The quantitative estimate of drug-likeness (QED) is 0.939. The summed E-state index contributed by atoms with van der Waals surface area (Å²) in [6.07, 6.45) is 4.27. The van der Waals surface area contributed by atoms with E-state index in [2.05, 4.69) is 53.8 Å². The van der Waals surface area contributed by atoms with Crippen molar-refractivity contribution in [1.82, 2.24) is 9.55 Å². The molecule has 1 aliphatic rings. The van der Waals surface area contributed by atoms with Gasteiger partial charge < -0.3 is 10.6 Å². The van der Waals surface area contributed by atoms with Gasteiger partial charge in [-0.2, -0.15) is 0 Å². The van der Waals surface area contributed by atoms with Crippen molar-refractivity contribution in [3.05, 3.63) is 42.2 Å². The van der Waals surface area contributed by atoms with Gasteiger partial charge in [-0.3, -0.25) is 4.57 Å². The monoisotopic (exact) mass is 284 g/mol. The number of hydrogen-bond donors (Lipinski definition) is 1. The van der Waals surface area contributed by atoms with Crippen molar-refractivity contribution in [1.29, 1.82) is 0 Å². The standard InChI is InChI=1S/C17H24N4/c1-3-15-12-21(16-7-5-4-6-8-16)17(19-15)20-10-9-14(11-20)13(2)18/h4-8,12-14H,3,9-11,18H2,1-2H3. The smallest absolute Gasteiger partial charge is 0.210 e. The molecule has 1 saturated heterocycles. The minimum atomic E-state index is 0.251. The molecule has 1 aromatic carbocycles. The second-order valence-electron chi connectivity index (χ2n) is 5.95. The van der Waals surface area contributed by atoms with Crippen LogP contribution in [0.15, 0.2) is 36.5 Å². The van der Waals surface area contributed by atoms with Crippen molar-refractivity contribution in [3.63, 3.8) is 0 Å². The average Bonchev–Trinajstić information content (AvgIpc) is 3.14. The van der Waals surface area contributed by atoms with E-state index in [1.54, 1.807) is 0 Å². The molecule has 112 valence electrons. The Hall–Kier alpha value is -1.81. The van der Waals surface area contributed by atoms with Crippen LogP contribution in [-0.4, -0.2) is 28.7 Å². The van der Waals surface area contributed by atoms with Gasteiger partial charge in [0.2, 0.25) is 5.95 Å². The number of aryl methyl sites for hydroxylation is 1. The van der Waals surface area contributed by atoms with Crippen LogP contribution in [0.3, 0.4) is 0 Å². The lowest BCUT2D eigenvalue weighted by molar-refractivity contribution is 0.487. The molecule has 4 heteroatoms. The number of anilines is 1. The fourth-order valence-corrected chi connectivity index (χ4v) is 2.99. The fourth-order valence-electron chi connectivity index (χ4n) is 2.99. The SMILES string of the molecule is CCc1cn(-c2ccccc2)c(N2CCC(C(C)N)C2)n1. The highest BCUT2D eigenvalue weighted by molar-refractivity contribution is 5.45. The first-order chi connectivity index (χ1) is 10.2. The van der Waals surface area contributed by atoms with Crippen LogP contribution in [0, 0.1) is 5.92 Å². The van der Waals surface area contributed by atoms with Crippen molar-refractivity contribution >= 4 is 5.95 Å². The molecule has 1 aromatic heterocycles. The first-order valence-electron chi connectivity index (χ1n) is 7.83. The molecule has 2 atom stereocenters. The molecule has 2 N–H and O–H groups in total. The van der Waals surface area contributed by atoms with Crippen molar-refractivity contribution < 1.29 is 0 Å². The summed E-state index contributed by atoms with van der Waals surface area (Å²) < 4.78 is 2.21. The lowest BCUT2D eigenvalue weighted by atomic mass is 10.0. The Kier molecular flexibility index (Phi) is 3.97. The normalized spacial score (nSPS) is 20.0. The van der Waals surface area contributed by atoms with E-state index in [0.29, 0.717) is 5.92 Å². The van der Waals surface area contributed by atoms with Gasteiger partial charge in [-0.25, -0.2) is 4.98 Å². The van der Waals surface area contributed by atoms with E-state index in [0.717, 1.165) is 37.6 Å². The summed E-state index contributed by atoms with van der Waals surface area (Å²) in [7, 11) is 0. The minimum Gasteiger partial charge on any atom is -0.342 e. The summed E-state index contributed by atoms with van der Waals surface area (Å²) in [5, 5.41) is 0. The Labute approximate surface area is 126 Å². The van der Waals surface area contributed by atoms with Crippen LogP contribution in [-0.2, 0) is 6.42 Å². The molecule has 3 rings (SSSR count). The summed E-state index contributed by atoms with van der Waals surface area (Å²) >= 11 is 0. The molecule has 2 heterocycles. The molecule has 1 aliphatic heterocycles. The Bertz CT molecular complexity index is 588. The number of imidazole rings is 1. The fraction of sp³-hybridized carbons (Fsp3) is 0.471. The number of hydrogen-bond acceptors (Lipinski definition) is 3. The minimum absolute atomic E-state index is 0.251. The van der Waals surface area contributed by atoms with E-state index in [-0.39, 0.29) is 6.04 Å². The van der Waals surface area contributed by atoms with Crippen molar-refractivity contribution in [2.75, 3.05) is 18.0 Å². The van der Waals surface area contributed by atoms with Gasteiger partial charge in [0.25, 0.3) is 0 Å². The summed E-state index contributed by atoms with van der Waals surface area (Å²) in [6.45, 7) is 6.30. The van der Waals surface area contributed by atoms with E-state index < -0.39 is 0 Å². The van der Waals surface area contributed by atoms with Gasteiger partial charge in [0.1, 0.15) is 0 Å². The highest BCUT2D eigenvalue weighted by atomic mass is 15.3. The van der Waals surface area contributed by atoms with Gasteiger partial charge in [0.05, 0.1) is 5.69 Å². The van der Waals surface area contributed by atoms with Crippen LogP contribution in [0.2, 0.25) is 0 Å². The summed E-state index contributed by atoms with van der Waals surface area (Å²) in [5.41, 5.74) is 8.37. The van der Waals surface area contributed by atoms with Crippen molar-refractivity contribution in [3.8, 4) is 5.69 Å². The summed E-state index contributed by atoms with van der Waals surface area (Å²) in [6, 6.07) is 10.7. The highest BCUT2D eigenvalue weighted by Crippen LogP contribution is 2.27. The largest absolute Gasteiger partial charge is 0.342 e. The van der Waals surface area contributed by atoms with E-state index in [9.17, 15) is 0 Å². The molecule has 0 saturated carbocycles. The summed E-state index contributed by atoms with van der Waals surface area (Å²) in [4.78, 5) is 7.20. The maximum Gasteiger partial charge on any atom is 0.210 e. The second-order valence-corrected chi connectivity index (χ2v) is 5.95. The van der Waals surface area contributed by atoms with Crippen LogP contribution < -0.4 is 10.6 Å². The van der Waals surface area contributed by atoms with Crippen LogP contribution in [0.25, 0.3) is 5.69 Å². The predicted octanol–water partition coefficient (Wildman–Crippen LogP) is 2.61. The first-order valence-corrected chi connectivity index (χ1v) is 7.83. The van der Waals surface area contributed by atoms with Crippen LogP contribution >= 0.6 is 0 Å². The van der Waals surface area contributed by atoms with Gasteiger partial charge >= 0.3 is 0 Å². The zero-order valence-electron chi connectivity index (χ0n) is 12.9. The lowest BCUT2D eigenvalue weighted by Gasteiger charge is -2.20. The van der Waals surface area contributed by atoms with E-state index in [1.165, 1.54) is 5.69 Å². The molecule has 2 aromatic rings. The number of aromatic nitrogens is 2. The van der Waals surface area contributed by atoms with Gasteiger partial charge in [0.15, 0.2) is 0 Å². The van der Waals surface area contributed by atoms with Gasteiger partial charge in [-0.15, -0.1) is 0 Å². The second kappa shape index (κ2) is 5.90. The first kappa shape index (κ1) is 14.1. The third-order valence-corrected chi connectivity index (χ3v) is 4.38. The van der Waals surface area contributed by atoms with E-state index >= 15 is 0 Å². The molecule has 0 spiro atoms. The number of para-hydroxylation sites is 1. The van der Waals surface area contributed by atoms with Crippen LogP contribution in [0.4, 0.5) is 5.95 Å². The lowest BCUT2D eigenvalue weighted by Crippen LogP contribution is -2.30. The molecule has 0 bridgehead atoms. The molecular weight excluding hydrogens is 260 g/mol. The van der Waals surface area contributed by atoms with Gasteiger partial charge in [-0.1, -0.05) is 25.1 Å². The van der Waals surface area contributed by atoms with E-state index in [1.807, 2.05) is 6.07 Å². The molecule has 1 fully saturated rings. The number of nitrogens with zero attached hydrogens (tertiary/aromatic N) is 3. The van der Waals surface area contributed by atoms with E-state index in [4.69, 9.17) is 10.7 Å². The third-order valence-electron chi connectivity index (χ3n) is 4.38. The number of nitrogens with two attached hydrogens (primary N) is 1. The topological polar surface area (TPSA) is 47.1 Å². The maximum atomic E-state index is 6.06. The van der Waals surface area contributed by atoms with Crippen LogP contribution in [0.1, 0.15) is 26.0 Å². The molecule has 0 radical (unpaired) electrons. The zero-order valence-corrected chi connectivity index (χ0v) is 12.9. The van der Waals surface area contributed by atoms with Crippen LogP contribution in [0.5, 0.6) is 0 Å². The average molecular weight is 284 g/mol. The molecule has 2 unspecified atom stereocenters. The molecular formula is C17H24N4. The third kappa shape index (κ3) is 2.81. The van der Waals surface area contributed by atoms with Crippen molar-refractivity contribution in [2.24, 2.45) is 11.7 Å². The Balaban J connectivity index is 1.93. The molecule has 21 heavy (non-hydrogen) atoms. The summed E-state index contributed by atoms with van der Waals surface area (Å²) in [5.74, 6) is 1.62. The molecule has 4 nitrogen and oxygen atoms in total. The van der Waals surface area contributed by atoms with Gasteiger partial charge in [0, 0.05) is 31.0 Å². The zero-order chi connectivity index (χ0) is 14.8. The highest BCUT2D eigenvalue weighted by Gasteiger charge is 2.28. The Morgan fingerprint density at radius 1 is 1.33 bits per heavy atom. The number of benzene rings is 1. The number of rotatable bonds is 4. The Morgan fingerprint density at radius 2 is 2.10 bits per heavy atom.